The Morgan fingerprint density at radius 3 is 2.18 bits per heavy atom. The van der Waals surface area contributed by atoms with Gasteiger partial charge >= 0.3 is 18.2 Å². The summed E-state index contributed by atoms with van der Waals surface area (Å²) in [6.45, 7) is 12.3. The van der Waals surface area contributed by atoms with Crippen molar-refractivity contribution in [2.75, 3.05) is 13.2 Å². The summed E-state index contributed by atoms with van der Waals surface area (Å²) in [7, 11) is -1.28. The zero-order valence-electron chi connectivity index (χ0n) is 20.4. The molecule has 0 bridgehead atoms. The third kappa shape index (κ3) is 12.3. The molecule has 1 saturated heterocycles. The summed E-state index contributed by atoms with van der Waals surface area (Å²) in [5.74, 6) is -2.16. The van der Waals surface area contributed by atoms with Crippen molar-refractivity contribution < 1.29 is 38.3 Å². The topological polar surface area (TPSA) is 140 Å². The number of hydrogen-bond acceptors (Lipinski definition) is 8. The number of nitrogens with zero attached hydrogens (tertiary/aromatic N) is 1. The fourth-order valence-corrected chi connectivity index (χ4v) is 3.39. The van der Waals surface area contributed by atoms with Gasteiger partial charge < -0.3 is 24.9 Å². The first kappa shape index (κ1) is 28.4. The van der Waals surface area contributed by atoms with E-state index in [1.54, 1.807) is 20.8 Å². The Morgan fingerprint density at radius 1 is 1.03 bits per heavy atom. The van der Waals surface area contributed by atoms with Crippen molar-refractivity contribution in [1.82, 2.24) is 15.7 Å². The molecule has 0 spiro atoms. The number of ether oxygens (including phenoxy) is 2. The molecule has 0 aromatic rings. The van der Waals surface area contributed by atoms with E-state index in [1.165, 1.54) is 0 Å². The highest BCUT2D eigenvalue weighted by molar-refractivity contribution is 6.76. The largest absolute Gasteiger partial charge is 0.450 e. The van der Waals surface area contributed by atoms with Gasteiger partial charge in [0.05, 0.1) is 6.61 Å². The van der Waals surface area contributed by atoms with Crippen molar-refractivity contribution in [2.24, 2.45) is 0 Å². The van der Waals surface area contributed by atoms with Crippen LogP contribution in [0.2, 0.25) is 25.7 Å². The normalized spacial score (nSPS) is 15.2. The fourth-order valence-electron chi connectivity index (χ4n) is 2.68. The number of imide groups is 1. The van der Waals surface area contributed by atoms with Gasteiger partial charge in [0.25, 0.3) is 11.8 Å². The molecule has 33 heavy (non-hydrogen) atoms. The summed E-state index contributed by atoms with van der Waals surface area (Å²) in [5, 5.41) is 5.50. The first-order chi connectivity index (χ1) is 15.2. The standard InChI is InChI=1S/C21H37N3O8Si/c1-21(2,3)31-20(29)23-15(18(27)32-24-16(25)10-11-17(24)26)9-7-8-12-22-19(28)30-13-14-33(4,5)6/h15H,7-14H2,1-6H3,(H,22,28)(H,23,29)/t15-/m1/s1. The number of nitrogens with one attached hydrogen (secondary N) is 2. The minimum Gasteiger partial charge on any atom is -0.450 e. The molecule has 11 nitrogen and oxygen atoms in total. The highest BCUT2D eigenvalue weighted by atomic mass is 28.3. The number of hydroxylamine groups is 2. The molecule has 4 amide bonds. The SMILES string of the molecule is CC(C)(C)OC(=O)N[C@H](CCCCNC(=O)OCC[Si](C)(C)C)C(=O)ON1C(=O)CCC1=O. The molecular formula is C21H37N3O8Si. The molecule has 0 aromatic carbocycles. The molecule has 12 heteroatoms. The lowest BCUT2D eigenvalue weighted by atomic mass is 10.1. The highest BCUT2D eigenvalue weighted by Crippen LogP contribution is 2.15. The molecule has 188 valence electrons. The van der Waals surface area contributed by atoms with Gasteiger partial charge in [0, 0.05) is 27.5 Å². The lowest BCUT2D eigenvalue weighted by molar-refractivity contribution is -0.199. The van der Waals surface area contributed by atoms with E-state index in [1.807, 2.05) is 0 Å². The predicted octanol–water partition coefficient (Wildman–Crippen LogP) is 2.72. The van der Waals surface area contributed by atoms with Crippen LogP contribution >= 0.6 is 0 Å². The quantitative estimate of drug-likeness (QED) is 0.257. The van der Waals surface area contributed by atoms with Crippen LogP contribution in [0, 0.1) is 0 Å². The second-order valence-corrected chi connectivity index (χ2v) is 15.7. The Hall–Kier alpha value is -2.63. The number of amides is 4. The molecule has 1 heterocycles. The summed E-state index contributed by atoms with van der Waals surface area (Å²) in [5.41, 5.74) is -0.779. The number of unbranched alkanes of at least 4 members (excludes halogenated alkanes) is 1. The minimum absolute atomic E-state index is 0.0318. The number of alkyl carbamates (subject to hydrolysis) is 2. The lowest BCUT2D eigenvalue weighted by Gasteiger charge is -2.23. The molecule has 0 radical (unpaired) electrons. The van der Waals surface area contributed by atoms with Gasteiger partial charge in [0.1, 0.15) is 11.6 Å². The van der Waals surface area contributed by atoms with E-state index >= 15 is 0 Å². The number of carbonyl (C=O) groups excluding carboxylic acids is 5. The maximum Gasteiger partial charge on any atom is 0.408 e. The smallest absolute Gasteiger partial charge is 0.408 e. The van der Waals surface area contributed by atoms with Crippen molar-refractivity contribution in [3.63, 3.8) is 0 Å². The average molecular weight is 488 g/mol. The molecule has 0 saturated carbocycles. The van der Waals surface area contributed by atoms with Crippen LogP contribution in [0.25, 0.3) is 0 Å². The Labute approximate surface area is 195 Å². The maximum absolute atomic E-state index is 12.5. The van der Waals surface area contributed by atoms with Crippen LogP contribution in [0.1, 0.15) is 52.9 Å². The van der Waals surface area contributed by atoms with E-state index in [2.05, 4.69) is 30.3 Å². The minimum atomic E-state index is -1.28. The van der Waals surface area contributed by atoms with Crippen LogP contribution in [0.4, 0.5) is 9.59 Å². The van der Waals surface area contributed by atoms with Crippen LogP contribution < -0.4 is 10.6 Å². The van der Waals surface area contributed by atoms with E-state index in [4.69, 9.17) is 14.3 Å². The Morgan fingerprint density at radius 2 is 1.64 bits per heavy atom. The monoisotopic (exact) mass is 487 g/mol. The number of hydrogen-bond donors (Lipinski definition) is 2. The van der Waals surface area contributed by atoms with E-state index in [0.717, 1.165) is 6.04 Å². The fraction of sp³-hybridized carbons (Fsp3) is 0.762. The molecule has 1 fully saturated rings. The van der Waals surface area contributed by atoms with Crippen molar-refractivity contribution in [1.29, 1.82) is 0 Å². The zero-order valence-corrected chi connectivity index (χ0v) is 21.4. The Kier molecular flexibility index (Phi) is 10.8. The first-order valence-corrected chi connectivity index (χ1v) is 14.9. The second-order valence-electron chi connectivity index (χ2n) is 10.1. The van der Waals surface area contributed by atoms with Gasteiger partial charge in [-0.05, 0) is 46.1 Å². The van der Waals surface area contributed by atoms with Crippen LogP contribution in [0.15, 0.2) is 0 Å². The molecule has 1 atom stereocenters. The predicted molar refractivity (Wildman–Crippen MR) is 122 cm³/mol. The van der Waals surface area contributed by atoms with E-state index in [-0.39, 0.29) is 19.3 Å². The first-order valence-electron chi connectivity index (χ1n) is 11.2. The second kappa shape index (κ2) is 12.6. The summed E-state index contributed by atoms with van der Waals surface area (Å²) >= 11 is 0. The van der Waals surface area contributed by atoms with E-state index < -0.39 is 49.7 Å². The zero-order chi connectivity index (χ0) is 25.2. The van der Waals surface area contributed by atoms with Crippen molar-refractivity contribution in [3.05, 3.63) is 0 Å². The van der Waals surface area contributed by atoms with Gasteiger partial charge in [-0.15, -0.1) is 5.06 Å². The van der Waals surface area contributed by atoms with Crippen LogP contribution in [-0.4, -0.2) is 67.9 Å². The molecule has 0 unspecified atom stereocenters. The molecule has 1 rings (SSSR count). The third-order valence-corrected chi connectivity index (χ3v) is 6.14. The Bertz CT molecular complexity index is 714. The summed E-state index contributed by atoms with van der Waals surface area (Å²) in [6, 6.07) is -0.257. The van der Waals surface area contributed by atoms with Gasteiger partial charge in [-0.1, -0.05) is 19.6 Å². The Balaban J connectivity index is 2.52. The van der Waals surface area contributed by atoms with E-state index in [0.29, 0.717) is 31.1 Å². The van der Waals surface area contributed by atoms with Gasteiger partial charge in [0.15, 0.2) is 0 Å². The molecule has 0 aliphatic carbocycles. The van der Waals surface area contributed by atoms with Gasteiger partial charge in [-0.3, -0.25) is 9.59 Å². The van der Waals surface area contributed by atoms with Gasteiger partial charge in [0.2, 0.25) is 0 Å². The molecule has 2 N–H and O–H groups in total. The summed E-state index contributed by atoms with van der Waals surface area (Å²) in [6.07, 6.45) is -0.293. The summed E-state index contributed by atoms with van der Waals surface area (Å²) < 4.78 is 10.3. The maximum atomic E-state index is 12.5. The van der Waals surface area contributed by atoms with Crippen molar-refractivity contribution in [2.45, 2.75) is 90.2 Å². The average Bonchev–Trinajstić information content (AvgIpc) is 2.96. The molecule has 1 aliphatic rings. The number of carbonyl (C=O) groups is 5. The van der Waals surface area contributed by atoms with E-state index in [9.17, 15) is 24.0 Å². The van der Waals surface area contributed by atoms with Gasteiger partial charge in [-0.2, -0.15) is 0 Å². The van der Waals surface area contributed by atoms with Crippen molar-refractivity contribution in [3.8, 4) is 0 Å². The summed E-state index contributed by atoms with van der Waals surface area (Å²) in [4.78, 5) is 64.8. The van der Waals surface area contributed by atoms with Crippen molar-refractivity contribution >= 4 is 38.0 Å². The van der Waals surface area contributed by atoms with Gasteiger partial charge in [-0.25, -0.2) is 14.4 Å². The highest BCUT2D eigenvalue weighted by Gasteiger charge is 2.35. The molecule has 0 aromatic heterocycles. The van der Waals surface area contributed by atoms with Crippen LogP contribution in [0.5, 0.6) is 0 Å². The van der Waals surface area contributed by atoms with Crippen LogP contribution in [-0.2, 0) is 28.7 Å². The molecular weight excluding hydrogens is 450 g/mol. The third-order valence-electron chi connectivity index (χ3n) is 4.44. The number of rotatable bonds is 11. The van der Waals surface area contributed by atoms with Crippen LogP contribution in [0.3, 0.4) is 0 Å². The lowest BCUT2D eigenvalue weighted by Crippen LogP contribution is -2.46. The molecule has 1 aliphatic heterocycles.